The number of aliphatic imine (C=N–C) groups is 1. The minimum absolute atomic E-state index is 0. The second kappa shape index (κ2) is 13.1. The average Bonchev–Trinajstić information content (AvgIpc) is 2.72. The second-order valence-corrected chi connectivity index (χ2v) is 7.02. The van der Waals surface area contributed by atoms with Crippen LogP contribution in [0.15, 0.2) is 53.5 Å². The molecular formula is C22H28F3IN4O2. The molecule has 0 atom stereocenters. The molecule has 2 rings (SSSR count). The zero-order valence-corrected chi connectivity index (χ0v) is 20.5. The van der Waals surface area contributed by atoms with Crippen molar-refractivity contribution < 1.29 is 22.7 Å². The third-order valence-corrected chi connectivity index (χ3v) is 4.37. The Bertz CT molecular complexity index is 887. The van der Waals surface area contributed by atoms with Crippen LogP contribution in [0.1, 0.15) is 21.5 Å². The molecule has 0 unspecified atom stereocenters. The monoisotopic (exact) mass is 564 g/mol. The van der Waals surface area contributed by atoms with Crippen LogP contribution in [-0.4, -0.2) is 57.4 Å². The van der Waals surface area contributed by atoms with E-state index in [0.717, 1.165) is 17.5 Å². The van der Waals surface area contributed by atoms with Gasteiger partial charge in [-0.25, -0.2) is 0 Å². The Balaban J connectivity index is 0.00000512. The van der Waals surface area contributed by atoms with Crippen molar-refractivity contribution in [2.45, 2.75) is 19.2 Å². The first-order valence-corrected chi connectivity index (χ1v) is 9.78. The first-order chi connectivity index (χ1) is 14.7. The molecule has 6 nitrogen and oxygen atoms in total. The third-order valence-electron chi connectivity index (χ3n) is 4.37. The van der Waals surface area contributed by atoms with Gasteiger partial charge < -0.3 is 20.3 Å². The predicted octanol–water partition coefficient (Wildman–Crippen LogP) is 3.86. The van der Waals surface area contributed by atoms with Crippen LogP contribution >= 0.6 is 24.0 Å². The number of guanidine groups is 1. The molecule has 0 aliphatic heterocycles. The molecule has 0 aliphatic rings. The highest BCUT2D eigenvalue weighted by atomic mass is 127. The summed E-state index contributed by atoms with van der Waals surface area (Å²) in [4.78, 5) is 17.8. The zero-order valence-electron chi connectivity index (χ0n) is 18.2. The van der Waals surface area contributed by atoms with Crippen molar-refractivity contribution >= 4 is 35.8 Å². The van der Waals surface area contributed by atoms with E-state index in [1.807, 2.05) is 18.2 Å². The lowest BCUT2D eigenvalue weighted by Gasteiger charge is -2.13. The fraction of sp³-hybridized carbons (Fsp3) is 0.364. The van der Waals surface area contributed by atoms with Gasteiger partial charge in [0, 0.05) is 39.8 Å². The number of ether oxygens (including phenoxy) is 1. The smallest absolute Gasteiger partial charge is 0.406 e. The van der Waals surface area contributed by atoms with Crippen LogP contribution in [0.2, 0.25) is 0 Å². The molecule has 176 valence electrons. The molecule has 0 saturated heterocycles. The predicted molar refractivity (Wildman–Crippen MR) is 130 cm³/mol. The molecule has 10 heteroatoms. The molecule has 1 amide bonds. The highest BCUT2D eigenvalue weighted by molar-refractivity contribution is 14.0. The number of nitrogens with one attached hydrogen (secondary N) is 2. The maximum Gasteiger partial charge on any atom is 0.573 e. The number of benzene rings is 2. The molecule has 2 aromatic carbocycles. The lowest BCUT2D eigenvalue weighted by molar-refractivity contribution is -0.274. The van der Waals surface area contributed by atoms with E-state index in [1.54, 1.807) is 44.2 Å². The van der Waals surface area contributed by atoms with Gasteiger partial charge in [-0.05, 0) is 48.2 Å². The van der Waals surface area contributed by atoms with Crippen molar-refractivity contribution in [2.75, 3.05) is 34.2 Å². The fourth-order valence-electron chi connectivity index (χ4n) is 2.85. The van der Waals surface area contributed by atoms with E-state index in [4.69, 9.17) is 0 Å². The van der Waals surface area contributed by atoms with Crippen LogP contribution < -0.4 is 15.4 Å². The standard InChI is InChI=1S/C22H27F3N4O2.HI/c1-26-21(27-13-11-16-7-9-19(10-8-16)31-22(23,24)25)28-14-12-17-5-4-6-18(15-17)20(30)29(2)3;/h4-10,15H,11-14H2,1-3H3,(H2,26,27,28);1H. The van der Waals surface area contributed by atoms with E-state index in [-0.39, 0.29) is 35.6 Å². The summed E-state index contributed by atoms with van der Waals surface area (Å²) in [7, 11) is 5.10. The molecule has 0 radical (unpaired) electrons. The van der Waals surface area contributed by atoms with Gasteiger partial charge >= 0.3 is 6.36 Å². The molecule has 0 bridgehead atoms. The molecule has 2 aromatic rings. The van der Waals surface area contributed by atoms with Gasteiger partial charge in [-0.15, -0.1) is 37.1 Å². The Labute approximate surface area is 203 Å². The minimum atomic E-state index is -4.69. The van der Waals surface area contributed by atoms with Crippen molar-refractivity contribution in [3.05, 3.63) is 65.2 Å². The van der Waals surface area contributed by atoms with Gasteiger partial charge in [-0.1, -0.05) is 24.3 Å². The van der Waals surface area contributed by atoms with Gasteiger partial charge in [0.05, 0.1) is 0 Å². The Morgan fingerprint density at radius 2 is 1.59 bits per heavy atom. The summed E-state index contributed by atoms with van der Waals surface area (Å²) >= 11 is 0. The quantitative estimate of drug-likeness (QED) is 0.291. The topological polar surface area (TPSA) is 66.0 Å². The van der Waals surface area contributed by atoms with Gasteiger partial charge in [-0.2, -0.15) is 0 Å². The number of hydrogen-bond donors (Lipinski definition) is 2. The van der Waals surface area contributed by atoms with Gasteiger partial charge in [0.25, 0.3) is 5.91 Å². The van der Waals surface area contributed by atoms with Crippen molar-refractivity contribution in [3.8, 4) is 5.75 Å². The summed E-state index contributed by atoms with van der Waals surface area (Å²) in [5, 5.41) is 6.38. The molecule has 0 saturated carbocycles. The fourth-order valence-corrected chi connectivity index (χ4v) is 2.85. The van der Waals surface area contributed by atoms with E-state index in [2.05, 4.69) is 20.4 Å². The third kappa shape index (κ3) is 9.75. The van der Waals surface area contributed by atoms with Crippen molar-refractivity contribution in [1.29, 1.82) is 0 Å². The average molecular weight is 564 g/mol. The van der Waals surface area contributed by atoms with Crippen LogP contribution in [0.4, 0.5) is 13.2 Å². The van der Waals surface area contributed by atoms with E-state index in [0.29, 0.717) is 31.0 Å². The molecule has 0 heterocycles. The van der Waals surface area contributed by atoms with Gasteiger partial charge in [0.15, 0.2) is 5.96 Å². The number of carbonyl (C=O) groups is 1. The summed E-state index contributed by atoms with van der Waals surface area (Å²) in [6.45, 7) is 1.19. The number of alkyl halides is 3. The Kier molecular flexibility index (Phi) is 11.3. The maximum atomic E-state index is 12.2. The second-order valence-electron chi connectivity index (χ2n) is 7.02. The summed E-state index contributed by atoms with van der Waals surface area (Å²) in [6, 6.07) is 13.3. The van der Waals surface area contributed by atoms with E-state index in [1.165, 1.54) is 12.1 Å². The van der Waals surface area contributed by atoms with Crippen LogP contribution in [0.5, 0.6) is 5.75 Å². The molecule has 0 spiro atoms. The molecule has 0 aliphatic carbocycles. The molecule has 2 N–H and O–H groups in total. The summed E-state index contributed by atoms with van der Waals surface area (Å²) in [6.07, 6.45) is -3.36. The highest BCUT2D eigenvalue weighted by Crippen LogP contribution is 2.22. The number of hydrogen-bond acceptors (Lipinski definition) is 3. The van der Waals surface area contributed by atoms with Crippen molar-refractivity contribution in [2.24, 2.45) is 4.99 Å². The Hall–Kier alpha value is -2.50. The molecular weight excluding hydrogens is 536 g/mol. The zero-order chi connectivity index (χ0) is 22.9. The summed E-state index contributed by atoms with van der Waals surface area (Å²) in [5.41, 5.74) is 2.56. The van der Waals surface area contributed by atoms with E-state index in [9.17, 15) is 18.0 Å². The lowest BCUT2D eigenvalue weighted by Crippen LogP contribution is -2.39. The molecule has 32 heavy (non-hydrogen) atoms. The van der Waals surface area contributed by atoms with Crippen LogP contribution in [0, 0.1) is 0 Å². The lowest BCUT2D eigenvalue weighted by atomic mass is 10.1. The van der Waals surface area contributed by atoms with E-state index >= 15 is 0 Å². The van der Waals surface area contributed by atoms with Crippen LogP contribution in [-0.2, 0) is 12.8 Å². The largest absolute Gasteiger partial charge is 0.573 e. The highest BCUT2D eigenvalue weighted by Gasteiger charge is 2.30. The van der Waals surface area contributed by atoms with Gasteiger partial charge in [-0.3, -0.25) is 9.79 Å². The summed E-state index contributed by atoms with van der Waals surface area (Å²) in [5.74, 6) is 0.348. The Morgan fingerprint density at radius 3 is 2.12 bits per heavy atom. The van der Waals surface area contributed by atoms with Crippen molar-refractivity contribution in [3.63, 3.8) is 0 Å². The number of halogens is 4. The van der Waals surface area contributed by atoms with Gasteiger partial charge in [0.2, 0.25) is 0 Å². The van der Waals surface area contributed by atoms with Crippen LogP contribution in [0.3, 0.4) is 0 Å². The number of rotatable bonds is 8. The first kappa shape index (κ1) is 27.5. The van der Waals surface area contributed by atoms with Crippen molar-refractivity contribution in [1.82, 2.24) is 15.5 Å². The molecule has 0 aromatic heterocycles. The normalized spacial score (nSPS) is 11.4. The van der Waals surface area contributed by atoms with E-state index < -0.39 is 6.36 Å². The number of nitrogens with zero attached hydrogens (tertiary/aromatic N) is 2. The van der Waals surface area contributed by atoms with Gasteiger partial charge in [0.1, 0.15) is 5.75 Å². The molecule has 0 fully saturated rings. The first-order valence-electron chi connectivity index (χ1n) is 9.78. The number of amides is 1. The maximum absolute atomic E-state index is 12.2. The Morgan fingerprint density at radius 1 is 1.00 bits per heavy atom. The number of carbonyl (C=O) groups excluding carboxylic acids is 1. The summed E-state index contributed by atoms with van der Waals surface area (Å²) < 4.78 is 40.5. The van der Waals surface area contributed by atoms with Crippen LogP contribution in [0.25, 0.3) is 0 Å². The SMILES string of the molecule is CN=C(NCCc1ccc(OC(F)(F)F)cc1)NCCc1cccc(C(=O)N(C)C)c1.I. The minimum Gasteiger partial charge on any atom is -0.406 e.